The maximum atomic E-state index is 12.6. The van der Waals surface area contributed by atoms with Gasteiger partial charge in [-0.15, -0.1) is 0 Å². The first-order chi connectivity index (χ1) is 15.6. The number of carbonyl (C=O) groups is 2. The smallest absolute Gasteiger partial charge is 0.269 e. The molecule has 1 saturated heterocycles. The van der Waals surface area contributed by atoms with Gasteiger partial charge in [0.05, 0.1) is 23.9 Å². The number of nitrogens with one attached hydrogen (secondary N) is 2. The molecule has 3 aromatic rings. The summed E-state index contributed by atoms with van der Waals surface area (Å²) < 4.78 is 0. The fraction of sp³-hybridized carbons (Fsp3) is 0.280. The van der Waals surface area contributed by atoms with E-state index in [4.69, 9.17) is 5.26 Å². The maximum absolute atomic E-state index is 12.6. The summed E-state index contributed by atoms with van der Waals surface area (Å²) in [5, 5.41) is 18.7. The molecule has 0 spiro atoms. The van der Waals surface area contributed by atoms with Crippen LogP contribution in [-0.2, 0) is 11.2 Å². The number of H-pyrrole nitrogens is 1. The van der Waals surface area contributed by atoms with Gasteiger partial charge in [-0.3, -0.25) is 14.7 Å². The topological polar surface area (TPSA) is 102 Å². The number of carbonyl (C=O) groups excluding carboxylic acids is 2. The second-order valence-corrected chi connectivity index (χ2v) is 8.06. The number of likely N-dealkylation sites (tertiary alicyclic amines) is 1. The van der Waals surface area contributed by atoms with Gasteiger partial charge in [-0.25, -0.2) is 0 Å². The Morgan fingerprint density at radius 1 is 1.09 bits per heavy atom. The van der Waals surface area contributed by atoms with Gasteiger partial charge < -0.3 is 10.2 Å². The van der Waals surface area contributed by atoms with Crippen LogP contribution in [0.1, 0.15) is 34.5 Å². The summed E-state index contributed by atoms with van der Waals surface area (Å²) in [6.07, 6.45) is 2.74. The summed E-state index contributed by atoms with van der Waals surface area (Å²) in [6.45, 7) is 1.33. The molecule has 0 bridgehead atoms. The van der Waals surface area contributed by atoms with Gasteiger partial charge in [0, 0.05) is 18.7 Å². The first kappa shape index (κ1) is 21.3. The monoisotopic (exact) mass is 427 g/mol. The number of aromatic amines is 1. The summed E-state index contributed by atoms with van der Waals surface area (Å²) in [4.78, 5) is 26.8. The van der Waals surface area contributed by atoms with Crippen LogP contribution in [0.4, 0.5) is 0 Å². The maximum Gasteiger partial charge on any atom is 0.269 e. The Bertz CT molecular complexity index is 1120. The van der Waals surface area contributed by atoms with E-state index in [1.807, 2.05) is 59.5 Å². The number of benzene rings is 2. The quantitative estimate of drug-likeness (QED) is 0.631. The summed E-state index contributed by atoms with van der Waals surface area (Å²) in [5.74, 6) is 0.0651. The van der Waals surface area contributed by atoms with Crippen LogP contribution in [0.25, 0.3) is 11.3 Å². The van der Waals surface area contributed by atoms with Crippen LogP contribution in [0, 0.1) is 17.2 Å². The van der Waals surface area contributed by atoms with Crippen LogP contribution < -0.4 is 5.32 Å². The molecular formula is C25H25N5O2. The second-order valence-electron chi connectivity index (χ2n) is 8.06. The van der Waals surface area contributed by atoms with Crippen LogP contribution >= 0.6 is 0 Å². The third kappa shape index (κ3) is 5.22. The molecule has 0 radical (unpaired) electrons. The predicted molar refractivity (Wildman–Crippen MR) is 121 cm³/mol. The number of nitrogens with zero attached hydrogens (tertiary/aromatic N) is 3. The number of hydrogen-bond acceptors (Lipinski definition) is 4. The zero-order chi connectivity index (χ0) is 22.3. The Kier molecular flexibility index (Phi) is 6.61. The van der Waals surface area contributed by atoms with E-state index in [1.54, 1.807) is 6.07 Å². The summed E-state index contributed by atoms with van der Waals surface area (Å²) in [6, 6.07) is 21.2. The van der Waals surface area contributed by atoms with Crippen molar-refractivity contribution < 1.29 is 9.59 Å². The molecule has 4 rings (SSSR count). The third-order valence-electron chi connectivity index (χ3n) is 5.84. The highest BCUT2D eigenvalue weighted by Gasteiger charge is 2.23. The molecule has 1 aromatic heterocycles. The summed E-state index contributed by atoms with van der Waals surface area (Å²) in [7, 11) is 0. The molecule has 2 aromatic carbocycles. The molecule has 7 heteroatoms. The van der Waals surface area contributed by atoms with Crippen molar-refractivity contribution in [3.05, 3.63) is 77.5 Å². The molecule has 32 heavy (non-hydrogen) atoms. The lowest BCUT2D eigenvalue weighted by Crippen LogP contribution is -2.44. The van der Waals surface area contributed by atoms with Crippen molar-refractivity contribution >= 4 is 11.8 Å². The highest BCUT2D eigenvalue weighted by Crippen LogP contribution is 2.22. The van der Waals surface area contributed by atoms with E-state index in [9.17, 15) is 9.59 Å². The van der Waals surface area contributed by atoms with Crippen molar-refractivity contribution in [1.29, 1.82) is 5.26 Å². The van der Waals surface area contributed by atoms with E-state index in [-0.39, 0.29) is 18.4 Å². The number of nitriles is 1. The number of aromatic nitrogens is 2. The molecule has 2 amide bonds. The normalized spacial score (nSPS) is 14.0. The molecule has 2 N–H and O–H groups in total. The lowest BCUT2D eigenvalue weighted by atomic mass is 9.89. The van der Waals surface area contributed by atoms with Gasteiger partial charge in [-0.1, -0.05) is 42.5 Å². The molecule has 0 aliphatic carbocycles. The molecule has 162 valence electrons. The van der Waals surface area contributed by atoms with E-state index in [2.05, 4.69) is 21.6 Å². The van der Waals surface area contributed by atoms with Crippen molar-refractivity contribution in [2.45, 2.75) is 19.3 Å². The second kappa shape index (κ2) is 9.92. The lowest BCUT2D eigenvalue weighted by Gasteiger charge is -2.32. The molecule has 1 aliphatic rings. The zero-order valence-corrected chi connectivity index (χ0v) is 17.8. The Hall–Kier alpha value is -3.92. The standard InChI is InChI=1S/C25H25N5O2/c26-16-20-6-4-5-19(14-20)13-18-9-11-30(12-10-18)24(31)17-27-25(32)23-15-22(28-29-23)21-7-2-1-3-8-21/h1-8,14-15,18H,9-13,17H2,(H,27,32)(H,28,29). The van der Waals surface area contributed by atoms with Crippen LogP contribution in [0.2, 0.25) is 0 Å². The van der Waals surface area contributed by atoms with Crippen molar-refractivity contribution in [3.63, 3.8) is 0 Å². The Morgan fingerprint density at radius 3 is 2.62 bits per heavy atom. The van der Waals surface area contributed by atoms with Gasteiger partial charge in [-0.05, 0) is 48.9 Å². The predicted octanol–water partition coefficient (Wildman–Crippen LogP) is 3.16. The largest absolute Gasteiger partial charge is 0.342 e. The average Bonchev–Trinajstić information content (AvgIpc) is 3.34. The molecule has 0 atom stereocenters. The van der Waals surface area contributed by atoms with E-state index in [0.717, 1.165) is 30.4 Å². The van der Waals surface area contributed by atoms with E-state index in [0.29, 0.717) is 36.0 Å². The molecule has 1 fully saturated rings. The van der Waals surface area contributed by atoms with Gasteiger partial charge in [0.2, 0.25) is 5.91 Å². The average molecular weight is 428 g/mol. The highest BCUT2D eigenvalue weighted by molar-refractivity contribution is 5.95. The SMILES string of the molecule is N#Cc1cccc(CC2CCN(C(=O)CNC(=O)c3cc(-c4ccccc4)n[nH]3)CC2)c1. The van der Waals surface area contributed by atoms with E-state index < -0.39 is 0 Å². The van der Waals surface area contributed by atoms with Gasteiger partial charge in [0.15, 0.2) is 0 Å². The van der Waals surface area contributed by atoms with Gasteiger partial charge in [0.25, 0.3) is 5.91 Å². The van der Waals surface area contributed by atoms with Crippen molar-refractivity contribution in [2.24, 2.45) is 5.92 Å². The number of piperidine rings is 1. The van der Waals surface area contributed by atoms with Crippen LogP contribution in [0.15, 0.2) is 60.7 Å². The molecule has 0 unspecified atom stereocenters. The molecular weight excluding hydrogens is 402 g/mol. The van der Waals surface area contributed by atoms with Gasteiger partial charge in [-0.2, -0.15) is 10.4 Å². The molecule has 2 heterocycles. The van der Waals surface area contributed by atoms with Crippen LogP contribution in [0.3, 0.4) is 0 Å². The van der Waals surface area contributed by atoms with Crippen molar-refractivity contribution in [2.75, 3.05) is 19.6 Å². The van der Waals surface area contributed by atoms with Gasteiger partial charge >= 0.3 is 0 Å². The Balaban J connectivity index is 1.23. The fourth-order valence-electron chi connectivity index (χ4n) is 4.05. The van der Waals surface area contributed by atoms with Crippen LogP contribution in [0.5, 0.6) is 0 Å². The minimum absolute atomic E-state index is 0.0343. The van der Waals surface area contributed by atoms with Gasteiger partial charge in [0.1, 0.15) is 5.69 Å². The Labute approximate surface area is 187 Å². The number of rotatable bonds is 6. The summed E-state index contributed by atoms with van der Waals surface area (Å²) in [5.41, 5.74) is 3.77. The number of hydrogen-bond donors (Lipinski definition) is 2. The minimum atomic E-state index is -0.347. The lowest BCUT2D eigenvalue weighted by molar-refractivity contribution is -0.131. The molecule has 1 aliphatic heterocycles. The fourth-order valence-corrected chi connectivity index (χ4v) is 4.05. The van der Waals surface area contributed by atoms with Crippen LogP contribution in [-0.4, -0.2) is 46.5 Å². The molecule has 7 nitrogen and oxygen atoms in total. The third-order valence-corrected chi connectivity index (χ3v) is 5.84. The first-order valence-corrected chi connectivity index (χ1v) is 10.8. The Morgan fingerprint density at radius 2 is 1.88 bits per heavy atom. The number of amides is 2. The van der Waals surface area contributed by atoms with E-state index in [1.165, 1.54) is 0 Å². The molecule has 0 saturated carbocycles. The minimum Gasteiger partial charge on any atom is -0.342 e. The highest BCUT2D eigenvalue weighted by atomic mass is 16.2. The summed E-state index contributed by atoms with van der Waals surface area (Å²) >= 11 is 0. The van der Waals surface area contributed by atoms with E-state index >= 15 is 0 Å². The first-order valence-electron chi connectivity index (χ1n) is 10.8. The zero-order valence-electron chi connectivity index (χ0n) is 17.8. The van der Waals surface area contributed by atoms with Crippen molar-refractivity contribution in [3.8, 4) is 17.3 Å². The van der Waals surface area contributed by atoms with Crippen molar-refractivity contribution in [1.82, 2.24) is 20.4 Å².